The molecule has 0 N–H and O–H groups in total. The summed E-state index contributed by atoms with van der Waals surface area (Å²) in [4.78, 5) is 16.4. The first kappa shape index (κ1) is 27.4. The van der Waals surface area contributed by atoms with E-state index in [0.29, 0.717) is 41.8 Å². The second-order valence-corrected chi connectivity index (χ2v) is 11.7. The predicted molar refractivity (Wildman–Crippen MR) is 160 cm³/mol. The van der Waals surface area contributed by atoms with Crippen LogP contribution in [0, 0.1) is 0 Å². The van der Waals surface area contributed by atoms with E-state index < -0.39 is 0 Å². The molecule has 4 nitrogen and oxygen atoms in total. The van der Waals surface area contributed by atoms with E-state index in [-0.39, 0.29) is 12.5 Å². The molecule has 1 heterocycles. The van der Waals surface area contributed by atoms with Crippen molar-refractivity contribution < 1.29 is 14.3 Å². The zero-order chi connectivity index (χ0) is 25.8. The highest BCUT2D eigenvalue weighted by atomic mass is 79.9. The molecule has 1 saturated heterocycles. The van der Waals surface area contributed by atoms with Crippen molar-refractivity contribution in [2.45, 2.75) is 18.4 Å². The number of rotatable bonds is 8. The smallest absolute Gasteiger partial charge is 0.270 e. The third-order valence-corrected chi connectivity index (χ3v) is 8.46. The quantitative estimate of drug-likeness (QED) is 0.139. The number of thiocarbonyl (C=S) groups is 1. The highest BCUT2D eigenvalue weighted by molar-refractivity contribution is 9.10. The molecule has 36 heavy (non-hydrogen) atoms. The first-order valence-corrected chi connectivity index (χ1v) is 14.8. The minimum Gasteiger partial charge on any atom is -0.490 e. The lowest BCUT2D eigenvalue weighted by Gasteiger charge is -2.16. The number of hydrogen-bond donors (Lipinski definition) is 0. The number of carbonyl (C=O) groups is 1. The molecule has 1 amide bonds. The van der Waals surface area contributed by atoms with E-state index in [1.807, 2.05) is 61.7 Å². The molecule has 0 bridgehead atoms. The second kappa shape index (κ2) is 12.2. The first-order chi connectivity index (χ1) is 17.3. The molecule has 1 aliphatic heterocycles. The lowest BCUT2D eigenvalue weighted by atomic mass is 10.1. The highest BCUT2D eigenvalue weighted by Gasteiger charge is 2.33. The minimum atomic E-state index is -0.155. The molecule has 0 aromatic heterocycles. The summed E-state index contributed by atoms with van der Waals surface area (Å²) in [6.07, 6.45) is 3.81. The summed E-state index contributed by atoms with van der Waals surface area (Å²) in [5.41, 5.74) is 2.41. The lowest BCUT2D eigenvalue weighted by Crippen LogP contribution is -2.27. The Morgan fingerprint density at radius 3 is 2.64 bits per heavy atom. The summed E-state index contributed by atoms with van der Waals surface area (Å²) in [6, 6.07) is 16.9. The van der Waals surface area contributed by atoms with Crippen LogP contribution in [0.5, 0.6) is 11.5 Å². The number of halogens is 3. The number of amides is 1. The highest BCUT2D eigenvalue weighted by Crippen LogP contribution is 2.41. The zero-order valence-electron chi connectivity index (χ0n) is 19.2. The van der Waals surface area contributed by atoms with Gasteiger partial charge < -0.3 is 9.47 Å². The van der Waals surface area contributed by atoms with Gasteiger partial charge in [-0.15, -0.1) is 11.8 Å². The van der Waals surface area contributed by atoms with Crippen LogP contribution >= 0.6 is 74.9 Å². The van der Waals surface area contributed by atoms with Crippen LogP contribution in [0.15, 0.2) is 68.9 Å². The molecule has 0 unspecified atom stereocenters. The predicted octanol–water partition coefficient (Wildman–Crippen LogP) is 8.86. The normalized spacial score (nSPS) is 14.6. The molecule has 3 aromatic carbocycles. The Morgan fingerprint density at radius 1 is 1.11 bits per heavy atom. The minimum absolute atomic E-state index is 0.155. The van der Waals surface area contributed by atoms with Crippen LogP contribution in [0.25, 0.3) is 6.08 Å². The van der Waals surface area contributed by atoms with Gasteiger partial charge in [-0.25, -0.2) is 0 Å². The Morgan fingerprint density at radius 2 is 1.92 bits per heavy atom. The molecule has 1 aliphatic rings. The van der Waals surface area contributed by atoms with Gasteiger partial charge in [0.1, 0.15) is 6.61 Å². The molecular formula is C26H20BrCl2NO3S3. The van der Waals surface area contributed by atoms with Gasteiger partial charge in [-0.1, -0.05) is 59.3 Å². The average molecular weight is 641 g/mol. The van der Waals surface area contributed by atoms with E-state index in [1.54, 1.807) is 28.8 Å². The van der Waals surface area contributed by atoms with Crippen LogP contribution in [-0.2, 0) is 11.4 Å². The summed E-state index contributed by atoms with van der Waals surface area (Å²) in [6.45, 7) is 2.63. The number of ether oxygens (including phenoxy) is 2. The molecule has 3 aromatic rings. The summed E-state index contributed by atoms with van der Waals surface area (Å²) < 4.78 is 13.1. The van der Waals surface area contributed by atoms with E-state index in [4.69, 9.17) is 44.9 Å². The third-order valence-electron chi connectivity index (χ3n) is 5.10. The Balaban J connectivity index is 1.59. The molecule has 4 rings (SSSR count). The van der Waals surface area contributed by atoms with Crippen molar-refractivity contribution in [2.75, 3.05) is 17.8 Å². The van der Waals surface area contributed by atoms with E-state index in [2.05, 4.69) is 15.9 Å². The molecule has 0 saturated carbocycles. The summed E-state index contributed by atoms with van der Waals surface area (Å²) in [5.74, 6) is 0.958. The number of benzene rings is 3. The molecular weight excluding hydrogens is 621 g/mol. The van der Waals surface area contributed by atoms with Gasteiger partial charge in [-0.2, -0.15) is 0 Å². The van der Waals surface area contributed by atoms with E-state index in [1.165, 1.54) is 11.8 Å². The Hall–Kier alpha value is -1.68. The number of nitrogens with zero attached hydrogens (tertiary/aromatic N) is 1. The van der Waals surface area contributed by atoms with Gasteiger partial charge in [0, 0.05) is 4.90 Å². The van der Waals surface area contributed by atoms with Crippen molar-refractivity contribution in [3.63, 3.8) is 0 Å². The largest absolute Gasteiger partial charge is 0.490 e. The average Bonchev–Trinajstić information content (AvgIpc) is 3.13. The van der Waals surface area contributed by atoms with Crippen LogP contribution in [0.4, 0.5) is 5.69 Å². The van der Waals surface area contributed by atoms with Crippen LogP contribution in [0.1, 0.15) is 18.1 Å². The van der Waals surface area contributed by atoms with Gasteiger partial charge in [0.05, 0.1) is 31.7 Å². The van der Waals surface area contributed by atoms with Gasteiger partial charge >= 0.3 is 0 Å². The van der Waals surface area contributed by atoms with Crippen molar-refractivity contribution >= 4 is 96.9 Å². The number of anilines is 1. The van der Waals surface area contributed by atoms with Crippen molar-refractivity contribution in [3.05, 3.63) is 85.1 Å². The Labute approximate surface area is 242 Å². The fourth-order valence-corrected chi connectivity index (χ4v) is 6.10. The van der Waals surface area contributed by atoms with E-state index in [0.717, 1.165) is 21.7 Å². The van der Waals surface area contributed by atoms with Crippen LogP contribution in [0.3, 0.4) is 0 Å². The van der Waals surface area contributed by atoms with Crippen molar-refractivity contribution in [1.29, 1.82) is 0 Å². The topological polar surface area (TPSA) is 38.8 Å². The second-order valence-electron chi connectivity index (χ2n) is 7.52. The van der Waals surface area contributed by atoms with Gasteiger partial charge in [0.2, 0.25) is 0 Å². The summed E-state index contributed by atoms with van der Waals surface area (Å²) >= 11 is 24.2. The molecule has 186 valence electrons. The first-order valence-electron chi connectivity index (χ1n) is 10.8. The molecule has 0 radical (unpaired) electrons. The monoisotopic (exact) mass is 639 g/mol. The van der Waals surface area contributed by atoms with Gasteiger partial charge in [0.15, 0.2) is 15.8 Å². The van der Waals surface area contributed by atoms with Crippen molar-refractivity contribution in [1.82, 2.24) is 0 Å². The van der Waals surface area contributed by atoms with Gasteiger partial charge in [-0.3, -0.25) is 9.69 Å². The van der Waals surface area contributed by atoms with E-state index >= 15 is 0 Å². The molecule has 0 spiro atoms. The van der Waals surface area contributed by atoms with Crippen LogP contribution in [-0.4, -0.2) is 23.1 Å². The number of thioether (sulfide) groups is 2. The third kappa shape index (κ3) is 6.23. The van der Waals surface area contributed by atoms with Crippen molar-refractivity contribution in [2.24, 2.45) is 0 Å². The lowest BCUT2D eigenvalue weighted by molar-refractivity contribution is -0.113. The van der Waals surface area contributed by atoms with Gasteiger partial charge in [0.25, 0.3) is 5.91 Å². The molecule has 0 atom stereocenters. The molecule has 0 aliphatic carbocycles. The number of carbonyl (C=O) groups excluding carboxylic acids is 1. The maximum Gasteiger partial charge on any atom is 0.270 e. The van der Waals surface area contributed by atoms with E-state index in [9.17, 15) is 4.79 Å². The van der Waals surface area contributed by atoms with Gasteiger partial charge in [-0.05, 0) is 88.8 Å². The summed E-state index contributed by atoms with van der Waals surface area (Å²) in [7, 11) is 0. The standard InChI is InChI=1S/C26H20BrCl2NO3S3/c1-3-32-22-11-16(9-19(27)24(22)33-14-15-7-8-20(28)21(29)10-15)12-23-25(31)30(26(34)36-23)17-5-4-6-18(13-17)35-2/h4-13H,3,14H2,1-2H3/b23-12+. The number of hydrogen-bond acceptors (Lipinski definition) is 6. The molecule has 10 heteroatoms. The maximum absolute atomic E-state index is 13.2. The fourth-order valence-electron chi connectivity index (χ4n) is 3.45. The van der Waals surface area contributed by atoms with Crippen LogP contribution in [0.2, 0.25) is 10.0 Å². The fraction of sp³-hybridized carbons (Fsp3) is 0.154. The summed E-state index contributed by atoms with van der Waals surface area (Å²) in [5, 5.41) is 0.957. The molecule has 1 fully saturated rings. The Kier molecular flexibility index (Phi) is 9.30. The zero-order valence-corrected chi connectivity index (χ0v) is 24.8. The van der Waals surface area contributed by atoms with Crippen LogP contribution < -0.4 is 14.4 Å². The maximum atomic E-state index is 13.2. The van der Waals surface area contributed by atoms with Crippen molar-refractivity contribution in [3.8, 4) is 11.5 Å². The Bertz CT molecular complexity index is 1370. The SMILES string of the molecule is CCOc1cc(/C=C2/SC(=S)N(c3cccc(SC)c3)C2=O)cc(Br)c1OCc1ccc(Cl)c(Cl)c1.